The van der Waals surface area contributed by atoms with Gasteiger partial charge in [0, 0.05) is 12.7 Å². The van der Waals surface area contributed by atoms with Crippen molar-refractivity contribution in [1.82, 2.24) is 19.7 Å². The highest BCUT2D eigenvalue weighted by molar-refractivity contribution is 5.49. The van der Waals surface area contributed by atoms with Crippen molar-refractivity contribution in [1.29, 1.82) is 0 Å². The van der Waals surface area contributed by atoms with Crippen LogP contribution in [0.5, 0.6) is 0 Å². The van der Waals surface area contributed by atoms with Crippen LogP contribution in [-0.2, 0) is 6.54 Å². The number of nitrogens with zero attached hydrogens (tertiary/aromatic N) is 4. The predicted molar refractivity (Wildman–Crippen MR) is 53.2 cm³/mol. The van der Waals surface area contributed by atoms with Crippen molar-refractivity contribution >= 4 is 11.6 Å². The van der Waals surface area contributed by atoms with E-state index in [1.807, 2.05) is 13.1 Å². The quantitative estimate of drug-likeness (QED) is 0.830. The lowest BCUT2D eigenvalue weighted by Gasteiger charge is -1.99. The highest BCUT2D eigenvalue weighted by Crippen LogP contribution is 2.10. The molecule has 0 aliphatic carbocycles. The van der Waals surface area contributed by atoms with Crippen molar-refractivity contribution < 1.29 is 4.39 Å². The summed E-state index contributed by atoms with van der Waals surface area (Å²) in [6.07, 6.45) is 5.71. The fourth-order valence-corrected chi connectivity index (χ4v) is 1.11. The Balaban J connectivity index is 2.11. The summed E-state index contributed by atoms with van der Waals surface area (Å²) in [4.78, 5) is 7.55. The Morgan fingerprint density at radius 3 is 2.67 bits per heavy atom. The van der Waals surface area contributed by atoms with Crippen molar-refractivity contribution in [3.8, 4) is 0 Å². The van der Waals surface area contributed by atoms with Crippen LogP contribution in [0.4, 0.5) is 16.0 Å². The standard InChI is InChI=1S/C9H10FN5/c1-2-15-6-8(5-13-15)14-9-11-3-7(10)4-12-9/h3-6H,2H2,1H3,(H,11,12,14). The zero-order valence-electron chi connectivity index (χ0n) is 8.18. The molecule has 0 bridgehead atoms. The molecular weight excluding hydrogens is 197 g/mol. The average molecular weight is 207 g/mol. The largest absolute Gasteiger partial charge is 0.321 e. The Morgan fingerprint density at radius 2 is 2.07 bits per heavy atom. The van der Waals surface area contributed by atoms with Gasteiger partial charge < -0.3 is 5.32 Å². The molecule has 0 unspecified atom stereocenters. The monoisotopic (exact) mass is 207 g/mol. The molecule has 5 nitrogen and oxygen atoms in total. The molecule has 0 saturated heterocycles. The molecule has 0 atom stereocenters. The number of hydrogen-bond acceptors (Lipinski definition) is 4. The first-order chi connectivity index (χ1) is 7.28. The summed E-state index contributed by atoms with van der Waals surface area (Å²) in [7, 11) is 0. The first kappa shape index (κ1) is 9.57. The van der Waals surface area contributed by atoms with Crippen molar-refractivity contribution in [2.75, 3.05) is 5.32 Å². The minimum absolute atomic E-state index is 0.354. The molecule has 0 aromatic carbocycles. The fourth-order valence-electron chi connectivity index (χ4n) is 1.11. The van der Waals surface area contributed by atoms with Gasteiger partial charge in [0.25, 0.3) is 0 Å². The fraction of sp³-hybridized carbons (Fsp3) is 0.222. The van der Waals surface area contributed by atoms with Crippen LogP contribution in [0.3, 0.4) is 0 Å². The third-order valence-corrected chi connectivity index (χ3v) is 1.83. The van der Waals surface area contributed by atoms with Gasteiger partial charge in [0.2, 0.25) is 5.95 Å². The van der Waals surface area contributed by atoms with E-state index < -0.39 is 5.82 Å². The smallest absolute Gasteiger partial charge is 0.227 e. The van der Waals surface area contributed by atoms with E-state index in [0.717, 1.165) is 24.6 Å². The second-order valence-electron chi connectivity index (χ2n) is 2.93. The molecule has 0 fully saturated rings. The molecule has 0 amide bonds. The number of nitrogens with one attached hydrogen (secondary N) is 1. The first-order valence-corrected chi connectivity index (χ1v) is 4.55. The van der Waals surface area contributed by atoms with Crippen LogP contribution in [0.2, 0.25) is 0 Å². The van der Waals surface area contributed by atoms with E-state index in [1.165, 1.54) is 0 Å². The molecule has 2 aromatic heterocycles. The van der Waals surface area contributed by atoms with Crippen LogP contribution in [0.1, 0.15) is 6.92 Å². The normalized spacial score (nSPS) is 10.3. The lowest BCUT2D eigenvalue weighted by atomic mass is 10.5. The van der Waals surface area contributed by atoms with Crippen molar-refractivity contribution in [2.45, 2.75) is 13.5 Å². The minimum Gasteiger partial charge on any atom is -0.321 e. The molecule has 78 valence electrons. The lowest BCUT2D eigenvalue weighted by molar-refractivity contribution is 0.614. The van der Waals surface area contributed by atoms with Gasteiger partial charge >= 0.3 is 0 Å². The molecule has 0 spiro atoms. The van der Waals surface area contributed by atoms with Gasteiger partial charge in [0.15, 0.2) is 5.82 Å². The molecule has 1 N–H and O–H groups in total. The third kappa shape index (κ3) is 2.28. The van der Waals surface area contributed by atoms with Crippen LogP contribution in [0.25, 0.3) is 0 Å². The van der Waals surface area contributed by atoms with Crippen LogP contribution in [0, 0.1) is 5.82 Å². The Morgan fingerprint density at radius 1 is 1.33 bits per heavy atom. The second kappa shape index (κ2) is 4.04. The van der Waals surface area contributed by atoms with Gasteiger partial charge in [-0.1, -0.05) is 0 Å². The van der Waals surface area contributed by atoms with E-state index in [4.69, 9.17) is 0 Å². The summed E-state index contributed by atoms with van der Waals surface area (Å²) in [6, 6.07) is 0. The maximum Gasteiger partial charge on any atom is 0.227 e. The SMILES string of the molecule is CCn1cc(Nc2ncc(F)cn2)cn1. The number of hydrogen-bond donors (Lipinski definition) is 1. The molecular formula is C9H10FN5. The first-order valence-electron chi connectivity index (χ1n) is 4.55. The van der Waals surface area contributed by atoms with Gasteiger partial charge in [-0.3, -0.25) is 4.68 Å². The van der Waals surface area contributed by atoms with E-state index in [2.05, 4.69) is 20.4 Å². The molecule has 2 aromatic rings. The summed E-state index contributed by atoms with van der Waals surface area (Å²) < 4.78 is 14.3. The molecule has 15 heavy (non-hydrogen) atoms. The van der Waals surface area contributed by atoms with Crippen LogP contribution >= 0.6 is 0 Å². The van der Waals surface area contributed by atoms with Gasteiger partial charge in [-0.05, 0) is 6.92 Å². The van der Waals surface area contributed by atoms with E-state index in [0.29, 0.717) is 5.95 Å². The van der Waals surface area contributed by atoms with Gasteiger partial charge in [-0.15, -0.1) is 0 Å². The molecule has 0 saturated carbocycles. The Hall–Kier alpha value is -1.98. The van der Waals surface area contributed by atoms with E-state index >= 15 is 0 Å². The number of rotatable bonds is 3. The molecule has 6 heteroatoms. The summed E-state index contributed by atoms with van der Waals surface area (Å²) in [6.45, 7) is 2.79. The number of aromatic nitrogens is 4. The third-order valence-electron chi connectivity index (χ3n) is 1.83. The maximum atomic E-state index is 12.5. The highest BCUT2D eigenvalue weighted by atomic mass is 19.1. The van der Waals surface area contributed by atoms with Crippen LogP contribution in [-0.4, -0.2) is 19.7 Å². The maximum absolute atomic E-state index is 12.5. The van der Waals surface area contributed by atoms with Crippen molar-refractivity contribution in [3.63, 3.8) is 0 Å². The number of aryl methyl sites for hydroxylation is 1. The predicted octanol–water partition coefficient (Wildman–Crippen LogP) is 1.58. The molecule has 2 rings (SSSR count). The van der Waals surface area contributed by atoms with Gasteiger partial charge in [-0.2, -0.15) is 5.10 Å². The van der Waals surface area contributed by atoms with Gasteiger partial charge in [0.05, 0.1) is 24.3 Å². The highest BCUT2D eigenvalue weighted by Gasteiger charge is 2.00. The van der Waals surface area contributed by atoms with Crippen molar-refractivity contribution in [2.24, 2.45) is 0 Å². The Bertz CT molecular complexity index is 436. The molecule has 0 aliphatic heterocycles. The van der Waals surface area contributed by atoms with Crippen molar-refractivity contribution in [3.05, 3.63) is 30.6 Å². The number of anilines is 2. The Labute approximate surface area is 86.0 Å². The zero-order valence-corrected chi connectivity index (χ0v) is 8.18. The van der Waals surface area contributed by atoms with Crippen LogP contribution in [0.15, 0.2) is 24.8 Å². The molecule has 0 aliphatic rings. The minimum atomic E-state index is -0.454. The van der Waals surface area contributed by atoms with Crippen LogP contribution < -0.4 is 5.32 Å². The van der Waals surface area contributed by atoms with Gasteiger partial charge in [-0.25, -0.2) is 14.4 Å². The van der Waals surface area contributed by atoms with E-state index in [1.54, 1.807) is 10.9 Å². The second-order valence-corrected chi connectivity index (χ2v) is 2.93. The summed E-state index contributed by atoms with van der Waals surface area (Å²) in [5, 5.41) is 6.99. The van der Waals surface area contributed by atoms with E-state index in [-0.39, 0.29) is 0 Å². The summed E-state index contributed by atoms with van der Waals surface area (Å²) in [5.74, 6) is -0.100. The summed E-state index contributed by atoms with van der Waals surface area (Å²) >= 11 is 0. The van der Waals surface area contributed by atoms with E-state index in [9.17, 15) is 4.39 Å². The van der Waals surface area contributed by atoms with Gasteiger partial charge in [0.1, 0.15) is 0 Å². The lowest BCUT2D eigenvalue weighted by Crippen LogP contribution is -1.96. The summed E-state index contributed by atoms with van der Waals surface area (Å²) in [5.41, 5.74) is 0.781. The Kier molecular flexibility index (Phi) is 2.57. The molecule has 0 radical (unpaired) electrons. The topological polar surface area (TPSA) is 55.6 Å². The molecule has 2 heterocycles. The zero-order chi connectivity index (χ0) is 10.7. The number of halogens is 1. The average Bonchev–Trinajstić information content (AvgIpc) is 2.69.